The number of para-hydroxylation sites is 1. The van der Waals surface area contributed by atoms with Crippen LogP contribution in [0.1, 0.15) is 11.4 Å². The Kier molecular flexibility index (Phi) is 2.60. The maximum atomic E-state index is 4.38. The molecule has 4 heteroatoms. The minimum Gasteiger partial charge on any atom is -0.306 e. The lowest BCUT2D eigenvalue weighted by Gasteiger charge is -2.10. The average Bonchev–Trinajstić information content (AvgIpc) is 2.84. The molecule has 0 spiro atoms. The molecule has 20 heavy (non-hydrogen) atoms. The van der Waals surface area contributed by atoms with Gasteiger partial charge in [0, 0.05) is 12.1 Å². The highest BCUT2D eigenvalue weighted by molar-refractivity contribution is 5.60. The van der Waals surface area contributed by atoms with E-state index in [1.54, 1.807) is 0 Å². The fourth-order valence-electron chi connectivity index (χ4n) is 2.65. The van der Waals surface area contributed by atoms with E-state index < -0.39 is 0 Å². The first-order valence-corrected chi connectivity index (χ1v) is 6.72. The molecular weight excluding hydrogens is 248 g/mol. The van der Waals surface area contributed by atoms with E-state index in [0.717, 1.165) is 36.0 Å². The van der Waals surface area contributed by atoms with Crippen LogP contribution in [0.25, 0.3) is 17.1 Å². The molecule has 2 aromatic carbocycles. The zero-order valence-electron chi connectivity index (χ0n) is 11.0. The number of nitrogens with one attached hydrogen (secondary N) is 1. The summed E-state index contributed by atoms with van der Waals surface area (Å²) in [5.74, 6) is 1.85. The quantitative estimate of drug-likeness (QED) is 0.733. The molecule has 0 bridgehead atoms. The van der Waals surface area contributed by atoms with Gasteiger partial charge in [-0.3, -0.25) is 4.57 Å². The molecule has 0 amide bonds. The molecule has 1 aliphatic rings. The Hall–Kier alpha value is -2.46. The lowest BCUT2D eigenvalue weighted by molar-refractivity contribution is 0.674. The van der Waals surface area contributed by atoms with E-state index in [1.165, 1.54) is 5.56 Å². The zero-order chi connectivity index (χ0) is 13.4. The van der Waals surface area contributed by atoms with Crippen molar-refractivity contribution in [1.82, 2.24) is 20.1 Å². The summed E-state index contributed by atoms with van der Waals surface area (Å²) in [6.45, 7) is 1.59. The van der Waals surface area contributed by atoms with E-state index in [-0.39, 0.29) is 0 Å². The highest BCUT2D eigenvalue weighted by Gasteiger charge is 2.19. The summed E-state index contributed by atoms with van der Waals surface area (Å²) in [5, 5.41) is 12.1. The van der Waals surface area contributed by atoms with Crippen molar-refractivity contribution < 1.29 is 0 Å². The van der Waals surface area contributed by atoms with Gasteiger partial charge in [-0.25, -0.2) is 0 Å². The van der Waals surface area contributed by atoms with Crippen molar-refractivity contribution in [2.45, 2.75) is 13.1 Å². The molecule has 0 unspecified atom stereocenters. The van der Waals surface area contributed by atoms with Crippen LogP contribution in [0.2, 0.25) is 0 Å². The highest BCUT2D eigenvalue weighted by atomic mass is 15.3. The second-order valence-electron chi connectivity index (χ2n) is 4.87. The van der Waals surface area contributed by atoms with Crippen molar-refractivity contribution in [3.8, 4) is 17.1 Å². The maximum Gasteiger partial charge on any atom is 0.168 e. The number of aromatic nitrogens is 3. The molecule has 3 aromatic rings. The third-order valence-electron chi connectivity index (χ3n) is 3.59. The van der Waals surface area contributed by atoms with Crippen LogP contribution in [0, 0.1) is 0 Å². The Labute approximate surface area is 117 Å². The van der Waals surface area contributed by atoms with Gasteiger partial charge in [-0.2, -0.15) is 0 Å². The first-order chi connectivity index (χ1) is 9.93. The van der Waals surface area contributed by atoms with Crippen LogP contribution in [0.5, 0.6) is 0 Å². The standard InChI is InChI=1S/C16H14N4/c1-2-6-12(7-3-1)16-19-18-15-11-17-10-13-8-4-5-9-14(13)20(15)16/h1-9,17H,10-11H2. The summed E-state index contributed by atoms with van der Waals surface area (Å²) in [5.41, 5.74) is 3.52. The largest absolute Gasteiger partial charge is 0.306 e. The number of nitrogens with zero attached hydrogens (tertiary/aromatic N) is 3. The molecule has 98 valence electrons. The molecule has 1 N–H and O–H groups in total. The first kappa shape index (κ1) is 11.4. The Balaban J connectivity index is 1.98. The van der Waals surface area contributed by atoms with Gasteiger partial charge in [0.05, 0.1) is 12.2 Å². The number of benzene rings is 2. The van der Waals surface area contributed by atoms with Crippen molar-refractivity contribution in [3.05, 3.63) is 66.0 Å². The van der Waals surface area contributed by atoms with Crippen molar-refractivity contribution in [2.75, 3.05) is 0 Å². The van der Waals surface area contributed by atoms with Gasteiger partial charge in [0.1, 0.15) is 0 Å². The van der Waals surface area contributed by atoms with Gasteiger partial charge in [0.25, 0.3) is 0 Å². The molecule has 0 aliphatic carbocycles. The second-order valence-corrected chi connectivity index (χ2v) is 4.87. The summed E-state index contributed by atoms with van der Waals surface area (Å²) in [6.07, 6.45) is 0. The molecule has 0 saturated heterocycles. The van der Waals surface area contributed by atoms with Crippen molar-refractivity contribution >= 4 is 0 Å². The van der Waals surface area contributed by atoms with Gasteiger partial charge in [0.15, 0.2) is 11.6 Å². The van der Waals surface area contributed by atoms with Crippen LogP contribution in [0.3, 0.4) is 0 Å². The van der Waals surface area contributed by atoms with Crippen LogP contribution in [0.4, 0.5) is 0 Å². The summed E-state index contributed by atoms with van der Waals surface area (Å²) in [4.78, 5) is 0. The molecule has 0 atom stereocenters. The van der Waals surface area contributed by atoms with Crippen LogP contribution in [0.15, 0.2) is 54.6 Å². The molecule has 0 fully saturated rings. The third-order valence-corrected chi connectivity index (χ3v) is 3.59. The number of fused-ring (bicyclic) bond motifs is 3. The Morgan fingerprint density at radius 2 is 1.65 bits per heavy atom. The summed E-state index contributed by atoms with van der Waals surface area (Å²) < 4.78 is 2.16. The van der Waals surface area contributed by atoms with Gasteiger partial charge < -0.3 is 5.32 Å². The van der Waals surface area contributed by atoms with Crippen LogP contribution in [-0.4, -0.2) is 14.8 Å². The number of rotatable bonds is 1. The minimum atomic E-state index is 0.731. The van der Waals surface area contributed by atoms with Gasteiger partial charge in [-0.1, -0.05) is 48.5 Å². The van der Waals surface area contributed by atoms with Crippen LogP contribution in [-0.2, 0) is 13.1 Å². The molecule has 1 aromatic heterocycles. The number of hydrogen-bond acceptors (Lipinski definition) is 3. The smallest absolute Gasteiger partial charge is 0.168 e. The molecule has 4 nitrogen and oxygen atoms in total. The predicted octanol–water partition coefficient (Wildman–Crippen LogP) is 2.54. The normalized spacial score (nSPS) is 13.4. The molecule has 1 aliphatic heterocycles. The van der Waals surface area contributed by atoms with Gasteiger partial charge in [0.2, 0.25) is 0 Å². The molecular formula is C16H14N4. The minimum absolute atomic E-state index is 0.731. The first-order valence-electron chi connectivity index (χ1n) is 6.72. The van der Waals surface area contributed by atoms with Crippen molar-refractivity contribution in [3.63, 3.8) is 0 Å². The number of hydrogen-bond donors (Lipinski definition) is 1. The van der Waals surface area contributed by atoms with E-state index >= 15 is 0 Å². The molecule has 2 heterocycles. The second kappa shape index (κ2) is 4.58. The van der Waals surface area contributed by atoms with E-state index in [0.29, 0.717) is 0 Å². The SMILES string of the molecule is c1ccc(-c2nnc3n2-c2ccccc2CNC3)cc1. The lowest BCUT2D eigenvalue weighted by atomic mass is 10.1. The molecule has 4 rings (SSSR count). The monoisotopic (exact) mass is 262 g/mol. The van der Waals surface area contributed by atoms with Gasteiger partial charge >= 0.3 is 0 Å². The maximum absolute atomic E-state index is 4.38. The van der Waals surface area contributed by atoms with E-state index in [2.05, 4.69) is 56.5 Å². The fraction of sp³-hybridized carbons (Fsp3) is 0.125. The summed E-state index contributed by atoms with van der Waals surface area (Å²) >= 11 is 0. The topological polar surface area (TPSA) is 42.7 Å². The summed E-state index contributed by atoms with van der Waals surface area (Å²) in [6, 6.07) is 18.6. The van der Waals surface area contributed by atoms with Crippen molar-refractivity contribution in [2.24, 2.45) is 0 Å². The Morgan fingerprint density at radius 1 is 0.850 bits per heavy atom. The molecule has 0 radical (unpaired) electrons. The van der Waals surface area contributed by atoms with Crippen LogP contribution >= 0.6 is 0 Å². The van der Waals surface area contributed by atoms with E-state index in [1.807, 2.05) is 18.2 Å². The highest BCUT2D eigenvalue weighted by Crippen LogP contribution is 2.26. The van der Waals surface area contributed by atoms with Gasteiger partial charge in [-0.05, 0) is 11.6 Å². The van der Waals surface area contributed by atoms with Crippen molar-refractivity contribution in [1.29, 1.82) is 0 Å². The molecule has 0 saturated carbocycles. The van der Waals surface area contributed by atoms with Gasteiger partial charge in [-0.15, -0.1) is 10.2 Å². The predicted molar refractivity (Wildman–Crippen MR) is 77.3 cm³/mol. The average molecular weight is 262 g/mol. The zero-order valence-corrected chi connectivity index (χ0v) is 11.0. The van der Waals surface area contributed by atoms with Crippen LogP contribution < -0.4 is 5.32 Å². The summed E-state index contributed by atoms with van der Waals surface area (Å²) in [7, 11) is 0. The Bertz CT molecular complexity index is 746. The Morgan fingerprint density at radius 3 is 2.55 bits per heavy atom. The lowest BCUT2D eigenvalue weighted by Crippen LogP contribution is -2.11. The van der Waals surface area contributed by atoms with E-state index in [4.69, 9.17) is 0 Å². The fourth-order valence-corrected chi connectivity index (χ4v) is 2.65. The third kappa shape index (κ3) is 1.73. The van der Waals surface area contributed by atoms with E-state index in [9.17, 15) is 0 Å².